The van der Waals surface area contributed by atoms with E-state index in [4.69, 9.17) is 4.74 Å². The molecule has 1 fully saturated rings. The van der Waals surface area contributed by atoms with Gasteiger partial charge in [0.25, 0.3) is 0 Å². The van der Waals surface area contributed by atoms with E-state index in [1.807, 2.05) is 11.8 Å². The molecule has 2 heterocycles. The van der Waals surface area contributed by atoms with E-state index in [1.165, 1.54) is 21.6 Å². The van der Waals surface area contributed by atoms with E-state index in [1.54, 1.807) is 0 Å². The summed E-state index contributed by atoms with van der Waals surface area (Å²) in [6.45, 7) is 2.92. The lowest BCUT2D eigenvalue weighted by atomic mass is 9.97. The van der Waals surface area contributed by atoms with E-state index < -0.39 is 5.97 Å². The van der Waals surface area contributed by atoms with Crippen molar-refractivity contribution >= 4 is 33.7 Å². The lowest BCUT2D eigenvalue weighted by Crippen LogP contribution is -2.40. The highest BCUT2D eigenvalue weighted by Gasteiger charge is 2.27. The Morgan fingerprint density at radius 1 is 1.25 bits per heavy atom. The number of rotatable bonds is 5. The van der Waals surface area contributed by atoms with Crippen LogP contribution in [0.25, 0.3) is 0 Å². The van der Waals surface area contributed by atoms with Gasteiger partial charge in [-0.2, -0.15) is 0 Å². The molecule has 1 N–H and O–H groups in total. The van der Waals surface area contributed by atoms with E-state index in [2.05, 4.69) is 63.3 Å². The van der Waals surface area contributed by atoms with Gasteiger partial charge >= 0.3 is 5.97 Å². The summed E-state index contributed by atoms with van der Waals surface area (Å²) in [5.74, 6) is 0.0106. The first kappa shape index (κ1) is 20.0. The zero-order valence-corrected chi connectivity index (χ0v) is 18.0. The molecule has 2 aromatic rings. The number of fused-ring (bicyclic) bond motifs is 2. The van der Waals surface area contributed by atoms with Crippen LogP contribution in [0.1, 0.15) is 35.6 Å². The maximum absolute atomic E-state index is 11.3. The molecule has 0 amide bonds. The van der Waals surface area contributed by atoms with Gasteiger partial charge in [0.15, 0.2) is 0 Å². The number of piperidine rings is 1. The SMILES string of the molecule is O=C(O)C1CCCN(CCOC2c3ccccc3CSc3ccc(Br)cc32)C1. The van der Waals surface area contributed by atoms with Gasteiger partial charge in [0.2, 0.25) is 0 Å². The van der Waals surface area contributed by atoms with Crippen LogP contribution in [0.15, 0.2) is 51.8 Å². The number of halogens is 1. The van der Waals surface area contributed by atoms with Gasteiger partial charge in [-0.3, -0.25) is 4.79 Å². The molecule has 0 spiro atoms. The van der Waals surface area contributed by atoms with Crippen molar-refractivity contribution in [3.63, 3.8) is 0 Å². The molecule has 1 saturated heterocycles. The Morgan fingerprint density at radius 3 is 2.96 bits per heavy atom. The quantitative estimate of drug-likeness (QED) is 0.681. The monoisotopic (exact) mass is 461 g/mol. The summed E-state index contributed by atoms with van der Waals surface area (Å²) in [4.78, 5) is 14.8. The highest BCUT2D eigenvalue weighted by molar-refractivity contribution is 9.10. The molecule has 4 rings (SSSR count). The molecule has 28 heavy (non-hydrogen) atoms. The molecule has 2 unspecified atom stereocenters. The maximum Gasteiger partial charge on any atom is 0.307 e. The first-order valence-electron chi connectivity index (χ1n) is 9.68. The van der Waals surface area contributed by atoms with E-state index in [-0.39, 0.29) is 12.0 Å². The summed E-state index contributed by atoms with van der Waals surface area (Å²) in [5.41, 5.74) is 3.74. The van der Waals surface area contributed by atoms with Crippen LogP contribution in [-0.2, 0) is 15.3 Å². The Labute approximate surface area is 178 Å². The fraction of sp³-hybridized carbons (Fsp3) is 0.409. The number of thioether (sulfide) groups is 1. The van der Waals surface area contributed by atoms with Crippen molar-refractivity contribution in [2.45, 2.75) is 29.6 Å². The number of carbonyl (C=O) groups is 1. The molecule has 148 valence electrons. The predicted molar refractivity (Wildman–Crippen MR) is 115 cm³/mol. The number of benzene rings is 2. The van der Waals surface area contributed by atoms with Crippen LogP contribution in [0.4, 0.5) is 0 Å². The van der Waals surface area contributed by atoms with Gasteiger partial charge in [0.1, 0.15) is 6.10 Å². The minimum Gasteiger partial charge on any atom is -0.481 e. The number of likely N-dealkylation sites (tertiary alicyclic amines) is 1. The van der Waals surface area contributed by atoms with Gasteiger partial charge in [-0.05, 0) is 54.3 Å². The normalized spacial score (nSPS) is 22.2. The third kappa shape index (κ3) is 4.46. The van der Waals surface area contributed by atoms with Crippen LogP contribution in [0, 0.1) is 5.92 Å². The average molecular weight is 462 g/mol. The predicted octanol–water partition coefficient (Wildman–Crippen LogP) is 4.96. The van der Waals surface area contributed by atoms with E-state index in [9.17, 15) is 9.90 Å². The number of hydrogen-bond acceptors (Lipinski definition) is 4. The van der Waals surface area contributed by atoms with Crippen LogP contribution in [0.3, 0.4) is 0 Å². The molecule has 6 heteroatoms. The Bertz CT molecular complexity index is 859. The molecule has 2 aromatic carbocycles. The Balaban J connectivity index is 1.50. The molecular formula is C22H24BrNO3S. The topological polar surface area (TPSA) is 49.8 Å². The smallest absolute Gasteiger partial charge is 0.307 e. The summed E-state index contributed by atoms with van der Waals surface area (Å²) in [6.07, 6.45) is 1.62. The maximum atomic E-state index is 11.3. The Hall–Kier alpha value is -1.34. The lowest BCUT2D eigenvalue weighted by molar-refractivity contribution is -0.143. The molecule has 0 bridgehead atoms. The second-order valence-electron chi connectivity index (χ2n) is 7.40. The number of carboxylic acid groups (broad SMARTS) is 1. The van der Waals surface area contributed by atoms with Crippen molar-refractivity contribution in [2.75, 3.05) is 26.2 Å². The van der Waals surface area contributed by atoms with Crippen LogP contribution in [0.5, 0.6) is 0 Å². The van der Waals surface area contributed by atoms with Gasteiger partial charge in [0.05, 0.1) is 12.5 Å². The van der Waals surface area contributed by atoms with Gasteiger partial charge in [-0.1, -0.05) is 40.2 Å². The van der Waals surface area contributed by atoms with Gasteiger partial charge in [-0.15, -0.1) is 11.8 Å². The fourth-order valence-electron chi connectivity index (χ4n) is 4.04. The largest absolute Gasteiger partial charge is 0.481 e. The minimum atomic E-state index is -0.681. The molecule has 2 atom stereocenters. The summed E-state index contributed by atoms with van der Waals surface area (Å²) in [7, 11) is 0. The number of nitrogens with zero attached hydrogens (tertiary/aromatic N) is 1. The molecule has 4 nitrogen and oxygen atoms in total. The van der Waals surface area contributed by atoms with Crippen molar-refractivity contribution in [3.05, 3.63) is 63.6 Å². The zero-order chi connectivity index (χ0) is 19.5. The lowest BCUT2D eigenvalue weighted by Gasteiger charge is -2.31. The van der Waals surface area contributed by atoms with Crippen molar-refractivity contribution in [2.24, 2.45) is 5.92 Å². The third-order valence-electron chi connectivity index (χ3n) is 5.52. The highest BCUT2D eigenvalue weighted by atomic mass is 79.9. The molecule has 2 aliphatic rings. The fourth-order valence-corrected chi connectivity index (χ4v) is 5.49. The van der Waals surface area contributed by atoms with Crippen LogP contribution in [-0.4, -0.2) is 42.2 Å². The molecular weight excluding hydrogens is 438 g/mol. The van der Waals surface area contributed by atoms with Crippen LogP contribution in [0.2, 0.25) is 0 Å². The standard InChI is InChI=1S/C22H24BrNO3S/c23-17-7-8-20-19(12-17)21(18-6-2-1-4-16(18)14-28-20)27-11-10-24-9-3-5-15(13-24)22(25)26/h1-2,4,6-8,12,15,21H,3,5,9-11,13-14H2,(H,25,26). The van der Waals surface area contributed by atoms with Crippen molar-refractivity contribution < 1.29 is 14.6 Å². The number of aliphatic carboxylic acids is 1. The summed E-state index contributed by atoms with van der Waals surface area (Å²) < 4.78 is 7.50. The summed E-state index contributed by atoms with van der Waals surface area (Å²) in [6, 6.07) is 14.9. The van der Waals surface area contributed by atoms with Gasteiger partial charge in [0, 0.05) is 28.2 Å². The van der Waals surface area contributed by atoms with Gasteiger partial charge in [-0.25, -0.2) is 0 Å². The van der Waals surface area contributed by atoms with E-state index >= 15 is 0 Å². The second kappa shape index (κ2) is 8.99. The summed E-state index contributed by atoms with van der Waals surface area (Å²) in [5, 5.41) is 9.30. The molecule has 2 aliphatic heterocycles. The Kier molecular flexibility index (Phi) is 6.41. The zero-order valence-electron chi connectivity index (χ0n) is 15.6. The molecule has 0 aliphatic carbocycles. The Morgan fingerprint density at radius 2 is 2.11 bits per heavy atom. The number of hydrogen-bond donors (Lipinski definition) is 1. The minimum absolute atomic E-state index is 0.0984. The van der Waals surface area contributed by atoms with Gasteiger partial charge < -0.3 is 14.7 Å². The number of carboxylic acids is 1. The molecule has 0 radical (unpaired) electrons. The van der Waals surface area contributed by atoms with Crippen LogP contribution >= 0.6 is 27.7 Å². The second-order valence-corrected chi connectivity index (χ2v) is 9.33. The number of ether oxygens (including phenoxy) is 1. The summed E-state index contributed by atoms with van der Waals surface area (Å²) >= 11 is 5.46. The average Bonchev–Trinajstić information content (AvgIpc) is 2.85. The molecule has 0 saturated carbocycles. The first-order chi connectivity index (χ1) is 13.6. The van der Waals surface area contributed by atoms with E-state index in [0.29, 0.717) is 13.2 Å². The van der Waals surface area contributed by atoms with Crippen molar-refractivity contribution in [3.8, 4) is 0 Å². The third-order valence-corrected chi connectivity index (χ3v) is 7.15. The highest BCUT2D eigenvalue weighted by Crippen LogP contribution is 2.42. The van der Waals surface area contributed by atoms with Crippen molar-refractivity contribution in [1.29, 1.82) is 0 Å². The molecule has 0 aromatic heterocycles. The van der Waals surface area contributed by atoms with E-state index in [0.717, 1.165) is 36.2 Å². The first-order valence-corrected chi connectivity index (χ1v) is 11.5. The van der Waals surface area contributed by atoms with Crippen LogP contribution < -0.4 is 0 Å². The van der Waals surface area contributed by atoms with Crippen molar-refractivity contribution in [1.82, 2.24) is 4.90 Å².